The van der Waals surface area contributed by atoms with Gasteiger partial charge in [0, 0.05) is 19.5 Å². The van der Waals surface area contributed by atoms with Crippen LogP contribution in [0.5, 0.6) is 0 Å². The monoisotopic (exact) mass is 699 g/mol. The van der Waals surface area contributed by atoms with Crippen LogP contribution in [-0.4, -0.2) is 44.3 Å². The molecule has 4 aromatic rings. The van der Waals surface area contributed by atoms with Crippen molar-refractivity contribution in [1.29, 1.82) is 0 Å². The van der Waals surface area contributed by atoms with E-state index in [4.69, 9.17) is 11.6 Å². The molecule has 48 heavy (non-hydrogen) atoms. The van der Waals surface area contributed by atoms with Gasteiger partial charge in [-0.15, -0.1) is 0 Å². The maximum absolute atomic E-state index is 14.5. The predicted molar refractivity (Wildman–Crippen MR) is 181 cm³/mol. The molecule has 0 aliphatic carbocycles. The highest BCUT2D eigenvalue weighted by atomic mass is 35.5. The Morgan fingerprint density at radius 2 is 1.46 bits per heavy atom. The van der Waals surface area contributed by atoms with Gasteiger partial charge in [-0.05, 0) is 54.3 Å². The molecule has 2 amide bonds. The Morgan fingerprint density at radius 3 is 2.04 bits per heavy atom. The van der Waals surface area contributed by atoms with E-state index in [1.807, 2.05) is 51.1 Å². The Morgan fingerprint density at radius 1 is 0.854 bits per heavy atom. The number of amides is 2. The van der Waals surface area contributed by atoms with Crippen molar-refractivity contribution in [1.82, 2.24) is 10.2 Å². The van der Waals surface area contributed by atoms with E-state index in [9.17, 15) is 31.2 Å². The maximum Gasteiger partial charge on any atom is 0.416 e. The van der Waals surface area contributed by atoms with Crippen molar-refractivity contribution < 1.29 is 31.2 Å². The van der Waals surface area contributed by atoms with Crippen LogP contribution in [0.15, 0.2) is 108 Å². The summed E-state index contributed by atoms with van der Waals surface area (Å²) in [6, 6.07) is 24.6. The van der Waals surface area contributed by atoms with Crippen molar-refractivity contribution in [3.63, 3.8) is 0 Å². The molecule has 0 radical (unpaired) electrons. The molecule has 0 heterocycles. The van der Waals surface area contributed by atoms with E-state index in [2.05, 4.69) is 5.32 Å². The summed E-state index contributed by atoms with van der Waals surface area (Å²) in [5.74, 6) is -1.17. The zero-order chi connectivity index (χ0) is 35.1. The highest BCUT2D eigenvalue weighted by Gasteiger charge is 2.37. The summed E-state index contributed by atoms with van der Waals surface area (Å²) in [6.45, 7) is 5.05. The van der Waals surface area contributed by atoms with Crippen molar-refractivity contribution >= 4 is 39.1 Å². The number of rotatable bonds is 13. The van der Waals surface area contributed by atoms with Gasteiger partial charge in [0.2, 0.25) is 11.8 Å². The third-order valence-corrected chi connectivity index (χ3v) is 9.67. The van der Waals surface area contributed by atoms with Crippen LogP contribution in [0.4, 0.5) is 18.9 Å². The number of hydrogen-bond acceptors (Lipinski definition) is 4. The molecule has 0 spiro atoms. The lowest BCUT2D eigenvalue weighted by Crippen LogP contribution is -2.53. The zero-order valence-electron chi connectivity index (χ0n) is 26.7. The number of halogens is 4. The van der Waals surface area contributed by atoms with E-state index in [-0.39, 0.29) is 28.8 Å². The number of carbonyl (C=O) groups is 2. The van der Waals surface area contributed by atoms with Crippen LogP contribution in [0.3, 0.4) is 0 Å². The third-order valence-electron chi connectivity index (χ3n) is 7.58. The lowest BCUT2D eigenvalue weighted by Gasteiger charge is -2.34. The van der Waals surface area contributed by atoms with Gasteiger partial charge in [-0.2, -0.15) is 13.2 Å². The first-order valence-corrected chi connectivity index (χ1v) is 17.1. The number of sulfonamides is 1. The fourth-order valence-electron chi connectivity index (χ4n) is 4.98. The normalized spacial score (nSPS) is 12.4. The van der Waals surface area contributed by atoms with E-state index in [1.165, 1.54) is 29.2 Å². The highest BCUT2D eigenvalue weighted by molar-refractivity contribution is 7.92. The first-order chi connectivity index (χ1) is 22.7. The molecule has 0 aliphatic heterocycles. The molecule has 12 heteroatoms. The number of hydrogen-bond donors (Lipinski definition) is 1. The van der Waals surface area contributed by atoms with Gasteiger partial charge in [0.05, 0.1) is 21.2 Å². The molecule has 4 rings (SSSR count). The van der Waals surface area contributed by atoms with Crippen LogP contribution in [0.1, 0.15) is 36.1 Å². The van der Waals surface area contributed by atoms with Gasteiger partial charge in [0.1, 0.15) is 12.6 Å². The summed E-state index contributed by atoms with van der Waals surface area (Å²) in [6.07, 6.45) is -4.73. The third kappa shape index (κ3) is 9.38. The van der Waals surface area contributed by atoms with Gasteiger partial charge in [-0.3, -0.25) is 13.9 Å². The molecular weight excluding hydrogens is 663 g/mol. The van der Waals surface area contributed by atoms with Gasteiger partial charge >= 0.3 is 6.18 Å². The molecule has 0 aromatic heterocycles. The van der Waals surface area contributed by atoms with Gasteiger partial charge < -0.3 is 10.2 Å². The molecule has 4 aromatic carbocycles. The van der Waals surface area contributed by atoms with Crippen LogP contribution in [-0.2, 0) is 38.8 Å². The smallest absolute Gasteiger partial charge is 0.354 e. The minimum atomic E-state index is -4.82. The number of benzene rings is 4. The molecule has 7 nitrogen and oxygen atoms in total. The number of carbonyl (C=O) groups excluding carboxylic acids is 2. The van der Waals surface area contributed by atoms with Gasteiger partial charge in [-0.1, -0.05) is 104 Å². The summed E-state index contributed by atoms with van der Waals surface area (Å²) in [7, 11) is -4.64. The fraction of sp³-hybridized carbons (Fsp3) is 0.278. The molecule has 0 bridgehead atoms. The van der Waals surface area contributed by atoms with Crippen molar-refractivity contribution in [3.05, 3.63) is 130 Å². The SMILES string of the molecule is Cc1ccc(CN(C(=O)CN(c2cc(C(F)(F)F)ccc2Cl)S(=O)(=O)c2ccccc2)[C@@H](Cc2ccccc2)C(=O)NCC(C)C)cc1. The Kier molecular flexibility index (Phi) is 11.9. The minimum absolute atomic E-state index is 0.0821. The van der Waals surface area contributed by atoms with E-state index >= 15 is 0 Å². The quantitative estimate of drug-likeness (QED) is 0.159. The van der Waals surface area contributed by atoms with Crippen LogP contribution in [0.25, 0.3) is 0 Å². The molecule has 254 valence electrons. The van der Waals surface area contributed by atoms with Crippen molar-refractivity contribution in [2.45, 2.75) is 50.9 Å². The summed E-state index contributed by atoms with van der Waals surface area (Å²) in [4.78, 5) is 29.4. The Hall–Kier alpha value is -4.35. The summed E-state index contributed by atoms with van der Waals surface area (Å²) in [5, 5.41) is 2.59. The first-order valence-electron chi connectivity index (χ1n) is 15.3. The summed E-state index contributed by atoms with van der Waals surface area (Å²) >= 11 is 6.37. The molecule has 1 atom stereocenters. The second-order valence-electron chi connectivity index (χ2n) is 11.8. The van der Waals surface area contributed by atoms with E-state index in [0.29, 0.717) is 22.5 Å². The van der Waals surface area contributed by atoms with Crippen LogP contribution in [0.2, 0.25) is 5.02 Å². The molecule has 0 fully saturated rings. The Balaban J connectivity index is 1.86. The van der Waals surface area contributed by atoms with Gasteiger partial charge in [-0.25, -0.2) is 8.42 Å². The second-order valence-corrected chi connectivity index (χ2v) is 14.1. The Labute approximate surface area is 284 Å². The summed E-state index contributed by atoms with van der Waals surface area (Å²) < 4.78 is 70.3. The lowest BCUT2D eigenvalue weighted by atomic mass is 10.0. The average molecular weight is 700 g/mol. The van der Waals surface area contributed by atoms with Crippen molar-refractivity contribution in [2.75, 3.05) is 17.4 Å². The van der Waals surface area contributed by atoms with Crippen LogP contribution < -0.4 is 9.62 Å². The number of nitrogens with zero attached hydrogens (tertiary/aromatic N) is 2. The van der Waals surface area contributed by atoms with Crippen LogP contribution >= 0.6 is 11.6 Å². The lowest BCUT2D eigenvalue weighted by molar-refractivity contribution is -0.140. The van der Waals surface area contributed by atoms with Crippen molar-refractivity contribution in [3.8, 4) is 0 Å². The minimum Gasteiger partial charge on any atom is -0.354 e. The fourth-order valence-corrected chi connectivity index (χ4v) is 6.70. The molecular formula is C36H37ClF3N3O4S. The average Bonchev–Trinajstić information content (AvgIpc) is 3.05. The summed E-state index contributed by atoms with van der Waals surface area (Å²) in [5.41, 5.74) is 0.709. The van der Waals surface area contributed by atoms with E-state index in [1.54, 1.807) is 30.3 Å². The number of alkyl halides is 3. The largest absolute Gasteiger partial charge is 0.416 e. The molecule has 0 saturated heterocycles. The molecule has 0 saturated carbocycles. The number of nitrogens with one attached hydrogen (secondary N) is 1. The second kappa shape index (κ2) is 15.7. The maximum atomic E-state index is 14.5. The highest BCUT2D eigenvalue weighted by Crippen LogP contribution is 2.37. The standard InChI is InChI=1S/C36H37ClF3N3O4S/c1-25(2)22-41-35(45)33(20-27-10-6-4-7-11-27)42(23-28-16-14-26(3)15-17-28)34(44)24-43(48(46,47)30-12-8-5-9-13-30)32-21-29(36(38,39)40)18-19-31(32)37/h4-19,21,25,33H,20,22-24H2,1-3H3,(H,41,45)/t33-/m0/s1. The van der Waals surface area contributed by atoms with Crippen LogP contribution in [0, 0.1) is 12.8 Å². The van der Waals surface area contributed by atoms with E-state index in [0.717, 1.165) is 23.3 Å². The Bertz CT molecular complexity index is 1800. The molecule has 1 N–H and O–H groups in total. The number of aryl methyl sites for hydroxylation is 1. The van der Waals surface area contributed by atoms with Gasteiger partial charge in [0.15, 0.2) is 0 Å². The predicted octanol–water partition coefficient (Wildman–Crippen LogP) is 7.27. The first kappa shape index (κ1) is 36.5. The van der Waals surface area contributed by atoms with Crippen molar-refractivity contribution in [2.24, 2.45) is 5.92 Å². The van der Waals surface area contributed by atoms with E-state index < -0.39 is 51.9 Å². The topological polar surface area (TPSA) is 86.8 Å². The molecule has 0 aliphatic rings. The number of anilines is 1. The van der Waals surface area contributed by atoms with Gasteiger partial charge in [0.25, 0.3) is 10.0 Å². The zero-order valence-corrected chi connectivity index (χ0v) is 28.3. The molecule has 0 unspecified atom stereocenters.